The zero-order chi connectivity index (χ0) is 12.8. The average Bonchev–Trinajstić information content (AvgIpc) is 2.29. The second-order valence-corrected chi connectivity index (χ2v) is 3.52. The van der Waals surface area contributed by atoms with E-state index in [0.717, 1.165) is 0 Å². The fraction of sp³-hybridized carbons (Fsp3) is 0.364. The summed E-state index contributed by atoms with van der Waals surface area (Å²) in [5, 5.41) is 20.6. The minimum absolute atomic E-state index is 0.0146. The van der Waals surface area contributed by atoms with Crippen molar-refractivity contribution >= 4 is 11.9 Å². The van der Waals surface area contributed by atoms with Crippen molar-refractivity contribution in [2.24, 2.45) is 5.92 Å². The molecule has 6 nitrogen and oxygen atoms in total. The van der Waals surface area contributed by atoms with Gasteiger partial charge in [0.05, 0.1) is 5.92 Å². The molecule has 0 saturated heterocycles. The van der Waals surface area contributed by atoms with Gasteiger partial charge in [-0.05, 0) is 18.6 Å². The molecule has 1 heterocycles. The first kappa shape index (κ1) is 13.0. The largest absolute Gasteiger partial charge is 0.505 e. The molecule has 1 unspecified atom stereocenters. The molecule has 1 aromatic heterocycles. The van der Waals surface area contributed by atoms with Crippen LogP contribution in [0.3, 0.4) is 0 Å². The van der Waals surface area contributed by atoms with Gasteiger partial charge in [-0.2, -0.15) is 0 Å². The Kier molecular flexibility index (Phi) is 4.45. The molecule has 0 aliphatic rings. The maximum absolute atomic E-state index is 11.6. The molecule has 0 aromatic carbocycles. The van der Waals surface area contributed by atoms with Crippen LogP contribution in [0.15, 0.2) is 18.3 Å². The maximum atomic E-state index is 11.6. The van der Waals surface area contributed by atoms with E-state index in [-0.39, 0.29) is 18.0 Å². The van der Waals surface area contributed by atoms with Gasteiger partial charge in [0.15, 0.2) is 5.69 Å². The Morgan fingerprint density at radius 2 is 2.24 bits per heavy atom. The number of pyridine rings is 1. The van der Waals surface area contributed by atoms with Crippen LogP contribution < -0.4 is 5.32 Å². The number of carbonyl (C=O) groups excluding carboxylic acids is 1. The van der Waals surface area contributed by atoms with Crippen LogP contribution in [-0.4, -0.2) is 33.6 Å². The number of aliphatic carboxylic acids is 1. The zero-order valence-electron chi connectivity index (χ0n) is 9.38. The normalized spacial score (nSPS) is 11.8. The standard InChI is InChI=1S/C11H14N2O4/c1-2-7(11(16)17)6-13-10(15)9-8(14)4-3-5-12-9/h3-5,7,14H,2,6H2,1H3,(H,13,15)(H,16,17). The summed E-state index contributed by atoms with van der Waals surface area (Å²) < 4.78 is 0. The molecular formula is C11H14N2O4. The van der Waals surface area contributed by atoms with E-state index < -0.39 is 17.8 Å². The van der Waals surface area contributed by atoms with E-state index in [2.05, 4.69) is 10.3 Å². The van der Waals surface area contributed by atoms with Gasteiger partial charge in [-0.25, -0.2) is 4.98 Å². The fourth-order valence-electron chi connectivity index (χ4n) is 1.28. The van der Waals surface area contributed by atoms with Crippen LogP contribution in [0.25, 0.3) is 0 Å². The lowest BCUT2D eigenvalue weighted by molar-refractivity contribution is -0.141. The topological polar surface area (TPSA) is 99.5 Å². The number of carboxylic acid groups (broad SMARTS) is 1. The zero-order valence-corrected chi connectivity index (χ0v) is 9.38. The van der Waals surface area contributed by atoms with Gasteiger partial charge in [0.1, 0.15) is 5.75 Å². The molecule has 1 aromatic rings. The number of amides is 1. The molecule has 6 heteroatoms. The molecule has 0 saturated carbocycles. The fourth-order valence-corrected chi connectivity index (χ4v) is 1.28. The molecule has 0 bridgehead atoms. The van der Waals surface area contributed by atoms with Crippen molar-refractivity contribution in [3.05, 3.63) is 24.0 Å². The molecule has 17 heavy (non-hydrogen) atoms. The van der Waals surface area contributed by atoms with Crippen molar-refractivity contribution < 1.29 is 19.8 Å². The van der Waals surface area contributed by atoms with E-state index in [4.69, 9.17) is 5.11 Å². The molecule has 0 radical (unpaired) electrons. The first-order chi connectivity index (χ1) is 8.06. The quantitative estimate of drug-likeness (QED) is 0.698. The monoisotopic (exact) mass is 238 g/mol. The van der Waals surface area contributed by atoms with E-state index in [1.54, 1.807) is 6.92 Å². The third-order valence-electron chi connectivity index (χ3n) is 2.35. The molecule has 0 aliphatic carbocycles. The van der Waals surface area contributed by atoms with Crippen LogP contribution in [0.2, 0.25) is 0 Å². The minimum Gasteiger partial charge on any atom is -0.505 e. The average molecular weight is 238 g/mol. The first-order valence-electron chi connectivity index (χ1n) is 5.21. The third kappa shape index (κ3) is 3.44. The van der Waals surface area contributed by atoms with Gasteiger partial charge in [-0.3, -0.25) is 9.59 Å². The summed E-state index contributed by atoms with van der Waals surface area (Å²) in [7, 11) is 0. The minimum atomic E-state index is -0.960. The van der Waals surface area contributed by atoms with Crippen molar-refractivity contribution in [1.29, 1.82) is 0 Å². The Morgan fingerprint density at radius 3 is 2.76 bits per heavy atom. The molecule has 0 spiro atoms. The highest BCUT2D eigenvalue weighted by molar-refractivity contribution is 5.94. The highest BCUT2D eigenvalue weighted by Gasteiger charge is 2.18. The Balaban J connectivity index is 2.62. The summed E-state index contributed by atoms with van der Waals surface area (Å²) in [5.41, 5.74) is -0.104. The van der Waals surface area contributed by atoms with Gasteiger partial charge >= 0.3 is 5.97 Å². The van der Waals surface area contributed by atoms with Crippen LogP contribution in [0, 0.1) is 5.92 Å². The Morgan fingerprint density at radius 1 is 1.53 bits per heavy atom. The smallest absolute Gasteiger partial charge is 0.308 e. The predicted octanol–water partition coefficient (Wildman–Crippen LogP) is 0.628. The molecular weight excluding hydrogens is 224 g/mol. The van der Waals surface area contributed by atoms with Crippen LogP contribution in [0.5, 0.6) is 5.75 Å². The number of nitrogens with one attached hydrogen (secondary N) is 1. The van der Waals surface area contributed by atoms with Crippen LogP contribution >= 0.6 is 0 Å². The summed E-state index contributed by atoms with van der Waals surface area (Å²) in [6.45, 7) is 1.74. The van der Waals surface area contributed by atoms with Crippen LogP contribution in [-0.2, 0) is 4.79 Å². The number of nitrogens with zero attached hydrogens (tertiary/aromatic N) is 1. The van der Waals surface area contributed by atoms with Gasteiger partial charge in [0.25, 0.3) is 5.91 Å². The molecule has 3 N–H and O–H groups in total. The molecule has 0 aliphatic heterocycles. The summed E-state index contributed by atoms with van der Waals surface area (Å²) in [6, 6.07) is 2.84. The van der Waals surface area contributed by atoms with E-state index in [0.29, 0.717) is 6.42 Å². The number of carboxylic acids is 1. The van der Waals surface area contributed by atoms with Gasteiger partial charge in [-0.15, -0.1) is 0 Å². The lowest BCUT2D eigenvalue weighted by atomic mass is 10.1. The van der Waals surface area contributed by atoms with Crippen molar-refractivity contribution in [3.63, 3.8) is 0 Å². The molecule has 1 atom stereocenters. The Hall–Kier alpha value is -2.11. The van der Waals surface area contributed by atoms with Crippen LogP contribution in [0.4, 0.5) is 0 Å². The second-order valence-electron chi connectivity index (χ2n) is 3.52. The summed E-state index contributed by atoms with van der Waals surface area (Å²) in [4.78, 5) is 26.0. The third-order valence-corrected chi connectivity index (χ3v) is 2.35. The second kappa shape index (κ2) is 5.83. The van der Waals surface area contributed by atoms with E-state index >= 15 is 0 Å². The Labute approximate surface area is 98.3 Å². The summed E-state index contributed by atoms with van der Waals surface area (Å²) in [6.07, 6.45) is 1.80. The lowest BCUT2D eigenvalue weighted by Gasteiger charge is -2.10. The molecule has 1 amide bonds. The number of aromatic hydroxyl groups is 1. The number of hydrogen-bond donors (Lipinski definition) is 3. The van der Waals surface area contributed by atoms with E-state index in [9.17, 15) is 14.7 Å². The van der Waals surface area contributed by atoms with Gasteiger partial charge in [0, 0.05) is 12.7 Å². The van der Waals surface area contributed by atoms with E-state index in [1.165, 1.54) is 18.3 Å². The van der Waals surface area contributed by atoms with Crippen LogP contribution in [0.1, 0.15) is 23.8 Å². The number of carbonyl (C=O) groups is 2. The van der Waals surface area contributed by atoms with Crippen molar-refractivity contribution in [2.45, 2.75) is 13.3 Å². The maximum Gasteiger partial charge on any atom is 0.308 e. The highest BCUT2D eigenvalue weighted by atomic mass is 16.4. The van der Waals surface area contributed by atoms with Gasteiger partial charge < -0.3 is 15.5 Å². The lowest BCUT2D eigenvalue weighted by Crippen LogP contribution is -2.33. The first-order valence-corrected chi connectivity index (χ1v) is 5.21. The molecule has 0 fully saturated rings. The summed E-state index contributed by atoms with van der Waals surface area (Å²) in [5.74, 6) is -2.40. The number of aromatic nitrogens is 1. The summed E-state index contributed by atoms with van der Waals surface area (Å²) >= 11 is 0. The molecule has 92 valence electrons. The van der Waals surface area contributed by atoms with Crippen molar-refractivity contribution in [1.82, 2.24) is 10.3 Å². The molecule has 1 rings (SSSR count). The predicted molar refractivity (Wildman–Crippen MR) is 59.7 cm³/mol. The van der Waals surface area contributed by atoms with Gasteiger partial charge in [-0.1, -0.05) is 6.92 Å². The Bertz CT molecular complexity index is 420. The van der Waals surface area contributed by atoms with Crippen molar-refractivity contribution in [3.8, 4) is 5.75 Å². The van der Waals surface area contributed by atoms with Crippen molar-refractivity contribution in [2.75, 3.05) is 6.54 Å². The van der Waals surface area contributed by atoms with E-state index in [1.807, 2.05) is 0 Å². The highest BCUT2D eigenvalue weighted by Crippen LogP contribution is 2.12. The van der Waals surface area contributed by atoms with Gasteiger partial charge in [0.2, 0.25) is 0 Å². The number of rotatable bonds is 5. The number of hydrogen-bond acceptors (Lipinski definition) is 4. The SMILES string of the molecule is CCC(CNC(=O)c1ncccc1O)C(=O)O.